The van der Waals surface area contributed by atoms with E-state index < -0.39 is 11.8 Å². The molecule has 0 atom stereocenters. The molecule has 7 heteroatoms. The van der Waals surface area contributed by atoms with Crippen molar-refractivity contribution in [3.05, 3.63) is 83.3 Å². The molecule has 0 unspecified atom stereocenters. The number of hydrogen-bond acceptors (Lipinski definition) is 6. The predicted octanol–water partition coefficient (Wildman–Crippen LogP) is 4.79. The second kappa shape index (κ2) is 9.20. The molecule has 6 nitrogen and oxygen atoms in total. The van der Waals surface area contributed by atoms with Gasteiger partial charge < -0.3 is 14.2 Å². The maximum Gasteiger partial charge on any atom is 0.272 e. The van der Waals surface area contributed by atoms with Crippen LogP contribution in [0.4, 0.5) is 5.69 Å². The first kappa shape index (κ1) is 21.5. The number of carbonyl (C=O) groups excluding carboxylic acids is 2. The van der Waals surface area contributed by atoms with Crippen LogP contribution in [0, 0.1) is 0 Å². The molecular weight excluding hydrogens is 426 g/mol. The highest BCUT2D eigenvalue weighted by Gasteiger charge is 2.40. The number of carbonyl (C=O) groups is 2. The molecule has 0 saturated carbocycles. The zero-order valence-corrected chi connectivity index (χ0v) is 18.6. The lowest BCUT2D eigenvalue weighted by atomic mass is 10.1. The number of thioether (sulfide) groups is 1. The van der Waals surface area contributed by atoms with E-state index in [1.165, 1.54) is 26.0 Å². The van der Waals surface area contributed by atoms with Gasteiger partial charge in [0.2, 0.25) is 0 Å². The van der Waals surface area contributed by atoms with Gasteiger partial charge in [-0.2, -0.15) is 0 Å². The Labute approximate surface area is 190 Å². The first-order valence-electron chi connectivity index (χ1n) is 9.79. The van der Waals surface area contributed by atoms with Gasteiger partial charge in [-0.1, -0.05) is 42.1 Å². The molecule has 1 aliphatic rings. The van der Waals surface area contributed by atoms with Gasteiger partial charge in [-0.05, 0) is 29.8 Å². The number of anilines is 1. The smallest absolute Gasteiger partial charge is 0.272 e. The topological polar surface area (TPSA) is 65.1 Å². The molecule has 0 saturated heterocycles. The fraction of sp³-hybridized carbons (Fsp3) is 0.120. The summed E-state index contributed by atoms with van der Waals surface area (Å²) in [5.74, 6) is 0.821. The number of imide groups is 1. The van der Waals surface area contributed by atoms with E-state index >= 15 is 0 Å². The van der Waals surface area contributed by atoms with Gasteiger partial charge in [-0.3, -0.25) is 9.59 Å². The first-order valence-corrected chi connectivity index (χ1v) is 10.6. The van der Waals surface area contributed by atoms with Crippen LogP contribution < -0.4 is 19.1 Å². The lowest BCUT2D eigenvalue weighted by Crippen LogP contribution is -2.31. The van der Waals surface area contributed by atoms with Crippen molar-refractivity contribution in [3.63, 3.8) is 0 Å². The second-order valence-electron chi connectivity index (χ2n) is 6.86. The summed E-state index contributed by atoms with van der Waals surface area (Å²) in [7, 11) is 4.61. The Bertz CT molecular complexity index is 1170. The van der Waals surface area contributed by atoms with Crippen LogP contribution in [-0.4, -0.2) is 33.1 Å². The van der Waals surface area contributed by atoms with Crippen molar-refractivity contribution < 1.29 is 23.8 Å². The quantitative estimate of drug-likeness (QED) is 0.485. The minimum absolute atomic E-state index is 0.341. The van der Waals surface area contributed by atoms with Crippen LogP contribution in [0.5, 0.6) is 17.2 Å². The molecule has 3 aromatic rings. The molecule has 0 N–H and O–H groups in total. The summed E-state index contributed by atoms with van der Waals surface area (Å²) in [5, 5.41) is 0. The van der Waals surface area contributed by atoms with Crippen LogP contribution in [0.15, 0.2) is 82.6 Å². The molecule has 0 aromatic heterocycles. The van der Waals surface area contributed by atoms with E-state index in [1.807, 2.05) is 30.3 Å². The Morgan fingerprint density at radius 3 is 1.84 bits per heavy atom. The Kier molecular flexibility index (Phi) is 6.18. The maximum atomic E-state index is 13.6. The van der Waals surface area contributed by atoms with Crippen LogP contribution in [0.1, 0.15) is 5.56 Å². The first-order chi connectivity index (χ1) is 15.5. The SMILES string of the molecule is COc1ccc(C2=C(Sc3ccccc3)C(=O)N(c3cc(OC)cc(OC)c3)C2=O)cc1. The molecule has 162 valence electrons. The lowest BCUT2D eigenvalue weighted by Gasteiger charge is -2.17. The summed E-state index contributed by atoms with van der Waals surface area (Å²) in [6.07, 6.45) is 0. The molecule has 0 aliphatic carbocycles. The number of amides is 2. The number of hydrogen-bond donors (Lipinski definition) is 0. The average molecular weight is 448 g/mol. The van der Waals surface area contributed by atoms with E-state index in [0.29, 0.717) is 39.0 Å². The molecule has 0 fully saturated rings. The fourth-order valence-corrected chi connectivity index (χ4v) is 4.39. The summed E-state index contributed by atoms with van der Waals surface area (Å²) in [4.78, 5) is 29.5. The lowest BCUT2D eigenvalue weighted by molar-refractivity contribution is -0.119. The van der Waals surface area contributed by atoms with E-state index in [4.69, 9.17) is 14.2 Å². The van der Waals surface area contributed by atoms with E-state index in [1.54, 1.807) is 49.6 Å². The molecule has 4 rings (SSSR count). The summed E-state index contributed by atoms with van der Waals surface area (Å²) in [5.41, 5.74) is 1.36. The zero-order valence-electron chi connectivity index (χ0n) is 17.8. The molecule has 3 aromatic carbocycles. The van der Waals surface area contributed by atoms with E-state index in [2.05, 4.69) is 0 Å². The maximum absolute atomic E-state index is 13.6. The highest BCUT2D eigenvalue weighted by molar-refractivity contribution is 8.04. The molecule has 32 heavy (non-hydrogen) atoms. The molecular formula is C25H21NO5S. The van der Waals surface area contributed by atoms with Crippen LogP contribution in [0.2, 0.25) is 0 Å². The van der Waals surface area contributed by atoms with Gasteiger partial charge in [0, 0.05) is 23.1 Å². The largest absolute Gasteiger partial charge is 0.497 e. The summed E-state index contributed by atoms with van der Waals surface area (Å²) in [6.45, 7) is 0. The minimum Gasteiger partial charge on any atom is -0.497 e. The molecule has 0 radical (unpaired) electrons. The van der Waals surface area contributed by atoms with Crippen LogP contribution in [-0.2, 0) is 9.59 Å². The summed E-state index contributed by atoms with van der Waals surface area (Å²) < 4.78 is 15.9. The Hall–Kier alpha value is -3.71. The highest BCUT2D eigenvalue weighted by Crippen LogP contribution is 2.42. The van der Waals surface area contributed by atoms with Crippen molar-refractivity contribution in [2.75, 3.05) is 26.2 Å². The number of rotatable bonds is 7. The van der Waals surface area contributed by atoms with Gasteiger partial charge in [0.1, 0.15) is 17.2 Å². The number of nitrogens with zero attached hydrogens (tertiary/aromatic N) is 1. The number of ether oxygens (including phenoxy) is 3. The minimum atomic E-state index is -0.408. The van der Waals surface area contributed by atoms with E-state index in [-0.39, 0.29) is 0 Å². The van der Waals surface area contributed by atoms with Crippen LogP contribution in [0.25, 0.3) is 5.57 Å². The standard InChI is InChI=1S/C25H21NO5S/c1-29-18-11-9-16(10-12-18)22-23(32-21-7-5-4-6-8-21)25(28)26(24(22)27)17-13-19(30-2)15-20(14-17)31-3/h4-15H,1-3H3. The van der Waals surface area contributed by atoms with Gasteiger partial charge in [-0.25, -0.2) is 4.90 Å². The third-order valence-electron chi connectivity index (χ3n) is 4.98. The summed E-state index contributed by atoms with van der Waals surface area (Å²) >= 11 is 1.27. The normalized spacial score (nSPS) is 13.5. The monoisotopic (exact) mass is 447 g/mol. The molecule has 1 aliphatic heterocycles. The molecule has 1 heterocycles. The van der Waals surface area contributed by atoms with Crippen LogP contribution >= 0.6 is 11.8 Å². The van der Waals surface area contributed by atoms with Gasteiger partial charge in [0.25, 0.3) is 11.8 Å². The number of benzene rings is 3. The third-order valence-corrected chi connectivity index (χ3v) is 6.07. The van der Waals surface area contributed by atoms with Gasteiger partial charge >= 0.3 is 0 Å². The second-order valence-corrected chi connectivity index (χ2v) is 7.95. The van der Waals surface area contributed by atoms with Crippen molar-refractivity contribution in [2.45, 2.75) is 4.90 Å². The van der Waals surface area contributed by atoms with E-state index in [9.17, 15) is 9.59 Å². The van der Waals surface area contributed by atoms with Crippen molar-refractivity contribution in [3.8, 4) is 17.2 Å². The Balaban J connectivity index is 1.82. The van der Waals surface area contributed by atoms with Gasteiger partial charge in [0.15, 0.2) is 0 Å². The van der Waals surface area contributed by atoms with Crippen molar-refractivity contribution >= 4 is 34.8 Å². The van der Waals surface area contributed by atoms with E-state index in [0.717, 1.165) is 9.80 Å². The number of methoxy groups -OCH3 is 3. The van der Waals surface area contributed by atoms with Crippen molar-refractivity contribution in [1.82, 2.24) is 0 Å². The van der Waals surface area contributed by atoms with Gasteiger partial charge in [0.05, 0.1) is 37.5 Å². The Morgan fingerprint density at radius 2 is 1.28 bits per heavy atom. The Morgan fingerprint density at radius 1 is 0.688 bits per heavy atom. The molecule has 0 bridgehead atoms. The van der Waals surface area contributed by atoms with Crippen LogP contribution in [0.3, 0.4) is 0 Å². The predicted molar refractivity (Wildman–Crippen MR) is 124 cm³/mol. The summed E-state index contributed by atoms with van der Waals surface area (Å²) in [6, 6.07) is 21.5. The van der Waals surface area contributed by atoms with Crippen molar-refractivity contribution in [1.29, 1.82) is 0 Å². The van der Waals surface area contributed by atoms with Gasteiger partial charge in [-0.15, -0.1) is 0 Å². The fourth-order valence-electron chi connectivity index (χ4n) is 3.38. The third kappa shape index (κ3) is 4.07. The zero-order chi connectivity index (χ0) is 22.7. The highest BCUT2D eigenvalue weighted by atomic mass is 32.2. The average Bonchev–Trinajstić information content (AvgIpc) is 3.08. The molecule has 0 spiro atoms. The molecule has 2 amide bonds. The van der Waals surface area contributed by atoms with Crippen molar-refractivity contribution in [2.24, 2.45) is 0 Å².